The van der Waals surface area contributed by atoms with Crippen LogP contribution in [0.4, 0.5) is 5.82 Å². The Morgan fingerprint density at radius 2 is 1.73 bits per heavy atom. The summed E-state index contributed by atoms with van der Waals surface area (Å²) in [6.07, 6.45) is 9.66. The summed E-state index contributed by atoms with van der Waals surface area (Å²) in [6.45, 7) is 2.22. The molecule has 0 unspecified atom stereocenters. The van der Waals surface area contributed by atoms with Crippen molar-refractivity contribution in [1.82, 2.24) is 19.9 Å². The van der Waals surface area contributed by atoms with E-state index in [2.05, 4.69) is 50.2 Å². The minimum absolute atomic E-state index is 0.954. The molecule has 5 rings (SSSR count). The highest BCUT2D eigenvalue weighted by molar-refractivity contribution is 7.21. The number of thiophene rings is 1. The first-order valence-corrected chi connectivity index (χ1v) is 9.56. The number of hydrogen-bond acceptors (Lipinski definition) is 6. The lowest BCUT2D eigenvalue weighted by Gasteiger charge is -2.16. The molecule has 0 N–H and O–H groups in total. The molecular weight excluding hydrogens is 342 g/mol. The van der Waals surface area contributed by atoms with Gasteiger partial charge in [0.25, 0.3) is 0 Å². The minimum atomic E-state index is 0.954. The van der Waals surface area contributed by atoms with E-state index in [-0.39, 0.29) is 0 Å². The van der Waals surface area contributed by atoms with Crippen molar-refractivity contribution in [2.75, 3.05) is 18.0 Å². The SMILES string of the molecule is c1ncc(-c2cc3ccc(-c4ccc(N5CCCC5)nc4)nc3s2)cn1. The molecule has 1 aliphatic heterocycles. The maximum atomic E-state index is 4.84. The predicted octanol–water partition coefficient (Wildman–Crippen LogP) is 4.42. The van der Waals surface area contributed by atoms with Gasteiger partial charge in [-0.25, -0.2) is 19.9 Å². The van der Waals surface area contributed by atoms with Gasteiger partial charge >= 0.3 is 0 Å². The van der Waals surface area contributed by atoms with E-state index < -0.39 is 0 Å². The highest BCUT2D eigenvalue weighted by Gasteiger charge is 2.14. The molecule has 1 fully saturated rings. The molecule has 4 aromatic heterocycles. The number of aromatic nitrogens is 4. The molecule has 4 aromatic rings. The van der Waals surface area contributed by atoms with E-state index in [1.807, 2.05) is 18.6 Å². The second kappa shape index (κ2) is 6.46. The maximum absolute atomic E-state index is 4.84. The largest absolute Gasteiger partial charge is 0.357 e. The van der Waals surface area contributed by atoms with Crippen LogP contribution in [0, 0.1) is 0 Å². The van der Waals surface area contributed by atoms with Gasteiger partial charge in [0, 0.05) is 53.1 Å². The molecule has 0 radical (unpaired) electrons. The second-order valence-electron chi connectivity index (χ2n) is 6.43. The molecule has 5 nitrogen and oxygen atoms in total. The number of fused-ring (bicyclic) bond motifs is 1. The Morgan fingerprint density at radius 1 is 0.885 bits per heavy atom. The highest BCUT2D eigenvalue weighted by atomic mass is 32.1. The van der Waals surface area contributed by atoms with Crippen molar-refractivity contribution in [2.24, 2.45) is 0 Å². The van der Waals surface area contributed by atoms with Crippen molar-refractivity contribution in [3.63, 3.8) is 0 Å². The number of hydrogen-bond donors (Lipinski definition) is 0. The summed E-state index contributed by atoms with van der Waals surface area (Å²) in [5, 5.41) is 1.14. The van der Waals surface area contributed by atoms with Crippen LogP contribution in [-0.2, 0) is 0 Å². The van der Waals surface area contributed by atoms with E-state index in [0.29, 0.717) is 0 Å². The Balaban J connectivity index is 1.47. The predicted molar refractivity (Wildman–Crippen MR) is 105 cm³/mol. The molecule has 5 heterocycles. The van der Waals surface area contributed by atoms with Gasteiger partial charge in [-0.1, -0.05) is 0 Å². The van der Waals surface area contributed by atoms with Gasteiger partial charge in [0.2, 0.25) is 0 Å². The number of rotatable bonds is 3. The monoisotopic (exact) mass is 359 g/mol. The zero-order chi connectivity index (χ0) is 17.3. The Morgan fingerprint density at radius 3 is 2.50 bits per heavy atom. The first kappa shape index (κ1) is 15.4. The fourth-order valence-electron chi connectivity index (χ4n) is 3.32. The molecule has 0 saturated carbocycles. The summed E-state index contributed by atoms with van der Waals surface area (Å²) >= 11 is 1.66. The minimum Gasteiger partial charge on any atom is -0.357 e. The van der Waals surface area contributed by atoms with Crippen molar-refractivity contribution in [2.45, 2.75) is 12.8 Å². The summed E-state index contributed by atoms with van der Waals surface area (Å²) in [6, 6.07) is 10.6. The third kappa shape index (κ3) is 2.82. The lowest BCUT2D eigenvalue weighted by molar-refractivity contribution is 0.938. The fraction of sp³-hybridized carbons (Fsp3) is 0.200. The molecule has 0 spiro atoms. The van der Waals surface area contributed by atoms with Crippen LogP contribution >= 0.6 is 11.3 Å². The lowest BCUT2D eigenvalue weighted by Crippen LogP contribution is -2.18. The Bertz CT molecular complexity index is 1040. The molecule has 0 bridgehead atoms. The average molecular weight is 359 g/mol. The third-order valence-corrected chi connectivity index (χ3v) is 5.80. The lowest BCUT2D eigenvalue weighted by atomic mass is 10.1. The van der Waals surface area contributed by atoms with Crippen LogP contribution in [0.5, 0.6) is 0 Å². The average Bonchev–Trinajstić information content (AvgIpc) is 3.38. The van der Waals surface area contributed by atoms with Gasteiger partial charge in [-0.15, -0.1) is 11.3 Å². The van der Waals surface area contributed by atoms with Gasteiger partial charge < -0.3 is 4.90 Å². The van der Waals surface area contributed by atoms with E-state index >= 15 is 0 Å². The van der Waals surface area contributed by atoms with Gasteiger partial charge in [-0.2, -0.15) is 0 Å². The summed E-state index contributed by atoms with van der Waals surface area (Å²) < 4.78 is 0. The van der Waals surface area contributed by atoms with E-state index in [4.69, 9.17) is 4.98 Å². The molecule has 1 aliphatic rings. The first-order valence-electron chi connectivity index (χ1n) is 8.74. The van der Waals surface area contributed by atoms with Gasteiger partial charge in [0.05, 0.1) is 5.69 Å². The quantitative estimate of drug-likeness (QED) is 0.542. The Labute approximate surface area is 155 Å². The van der Waals surface area contributed by atoms with Gasteiger partial charge in [-0.05, 0) is 43.2 Å². The van der Waals surface area contributed by atoms with Crippen molar-refractivity contribution >= 4 is 27.4 Å². The van der Waals surface area contributed by atoms with E-state index in [9.17, 15) is 0 Å². The maximum Gasteiger partial charge on any atom is 0.128 e. The van der Waals surface area contributed by atoms with E-state index in [1.54, 1.807) is 17.7 Å². The molecule has 6 heteroatoms. The van der Waals surface area contributed by atoms with Gasteiger partial charge in [0.15, 0.2) is 0 Å². The van der Waals surface area contributed by atoms with Crippen LogP contribution in [0.15, 0.2) is 55.2 Å². The molecule has 0 amide bonds. The summed E-state index contributed by atoms with van der Waals surface area (Å²) in [7, 11) is 0. The molecule has 26 heavy (non-hydrogen) atoms. The Hall–Kier alpha value is -2.86. The fourth-order valence-corrected chi connectivity index (χ4v) is 4.32. The summed E-state index contributed by atoms with van der Waals surface area (Å²) in [4.78, 5) is 22.2. The topological polar surface area (TPSA) is 54.8 Å². The highest BCUT2D eigenvalue weighted by Crippen LogP contribution is 2.33. The molecule has 1 saturated heterocycles. The zero-order valence-electron chi connectivity index (χ0n) is 14.2. The van der Waals surface area contributed by atoms with Crippen LogP contribution < -0.4 is 4.90 Å². The molecular formula is C20H17N5S. The van der Waals surface area contributed by atoms with Gasteiger partial charge in [-0.3, -0.25) is 0 Å². The number of anilines is 1. The molecule has 128 valence electrons. The molecule has 0 aromatic carbocycles. The van der Waals surface area contributed by atoms with E-state index in [1.165, 1.54) is 12.8 Å². The normalized spacial score (nSPS) is 14.2. The Kier molecular flexibility index (Phi) is 3.83. The van der Waals surface area contributed by atoms with Crippen LogP contribution in [0.3, 0.4) is 0 Å². The number of nitrogens with zero attached hydrogens (tertiary/aromatic N) is 5. The molecule has 0 aliphatic carbocycles. The van der Waals surface area contributed by atoms with Crippen molar-refractivity contribution in [1.29, 1.82) is 0 Å². The van der Waals surface area contributed by atoms with Crippen molar-refractivity contribution in [3.05, 3.63) is 55.2 Å². The van der Waals surface area contributed by atoms with Crippen molar-refractivity contribution < 1.29 is 0 Å². The van der Waals surface area contributed by atoms with Crippen LogP contribution in [0.25, 0.3) is 31.9 Å². The van der Waals surface area contributed by atoms with Crippen LogP contribution in [-0.4, -0.2) is 33.0 Å². The second-order valence-corrected chi connectivity index (χ2v) is 7.46. The number of pyridine rings is 2. The standard InChI is InChI=1S/C20H17N5S/c1-2-8-25(7-1)19-6-4-15(12-23-19)17-5-3-14-9-18(26-20(14)24-17)16-10-21-13-22-11-16/h3-6,9-13H,1-2,7-8H2. The van der Waals surface area contributed by atoms with Gasteiger partial charge in [0.1, 0.15) is 17.0 Å². The molecule has 0 atom stereocenters. The van der Waals surface area contributed by atoms with Crippen LogP contribution in [0.2, 0.25) is 0 Å². The van der Waals surface area contributed by atoms with E-state index in [0.717, 1.165) is 50.8 Å². The van der Waals surface area contributed by atoms with Crippen molar-refractivity contribution in [3.8, 4) is 21.7 Å². The smallest absolute Gasteiger partial charge is 0.128 e. The summed E-state index contributed by atoms with van der Waals surface area (Å²) in [5.41, 5.74) is 3.03. The zero-order valence-corrected chi connectivity index (χ0v) is 15.0. The summed E-state index contributed by atoms with van der Waals surface area (Å²) in [5.74, 6) is 1.06. The first-order chi connectivity index (χ1) is 12.9. The van der Waals surface area contributed by atoms with Crippen LogP contribution in [0.1, 0.15) is 12.8 Å². The third-order valence-electron chi connectivity index (χ3n) is 4.70.